The van der Waals surface area contributed by atoms with Crippen molar-refractivity contribution in [1.82, 2.24) is 13.8 Å². The summed E-state index contributed by atoms with van der Waals surface area (Å²) in [6, 6.07) is 15.4. The van der Waals surface area contributed by atoms with Gasteiger partial charge in [-0.15, -0.1) is 0 Å². The molecule has 0 atom stereocenters. The Balaban J connectivity index is 1.33. The Labute approximate surface area is 189 Å². The van der Waals surface area contributed by atoms with E-state index in [-0.39, 0.29) is 12.5 Å². The molecule has 2 aliphatic rings. The summed E-state index contributed by atoms with van der Waals surface area (Å²) in [5.41, 5.74) is 3.41. The second kappa shape index (κ2) is 8.37. The minimum absolute atomic E-state index is 0.0798. The third kappa shape index (κ3) is 3.95. The summed E-state index contributed by atoms with van der Waals surface area (Å²) in [7, 11) is -3.49. The largest absolute Gasteiger partial charge is 0.338 e. The standard InChI is InChI=1S/C25H29N3O3S/c1-19-8-14-28(15-9-19)32(30,31)23-6-7-24-21(16-23)11-12-26(24)18-25(29)27-13-10-20-4-2-3-5-22(20)17-27/h2-7,11-12,16,19H,8-10,13-15,17-18H2,1H3. The topological polar surface area (TPSA) is 62.6 Å². The highest BCUT2D eigenvalue weighted by molar-refractivity contribution is 7.89. The number of benzene rings is 2. The number of piperidine rings is 1. The molecule has 1 aromatic heterocycles. The van der Waals surface area contributed by atoms with Crippen molar-refractivity contribution in [2.24, 2.45) is 5.92 Å². The number of sulfonamides is 1. The molecule has 0 bridgehead atoms. The molecule has 2 aromatic carbocycles. The zero-order valence-electron chi connectivity index (χ0n) is 18.4. The van der Waals surface area contributed by atoms with E-state index in [0.29, 0.717) is 30.4 Å². The third-order valence-electron chi connectivity index (χ3n) is 6.91. The van der Waals surface area contributed by atoms with Crippen molar-refractivity contribution in [3.05, 3.63) is 65.9 Å². The molecule has 7 heteroatoms. The molecule has 0 radical (unpaired) electrons. The van der Waals surface area contributed by atoms with Gasteiger partial charge < -0.3 is 9.47 Å². The molecule has 0 aliphatic carbocycles. The fraction of sp³-hybridized carbons (Fsp3) is 0.400. The first-order valence-electron chi connectivity index (χ1n) is 11.4. The summed E-state index contributed by atoms with van der Waals surface area (Å²) in [5.74, 6) is 0.653. The second-order valence-electron chi connectivity index (χ2n) is 9.08. The van der Waals surface area contributed by atoms with Gasteiger partial charge in [-0.3, -0.25) is 4.79 Å². The number of carbonyl (C=O) groups excluding carboxylic acids is 1. The van der Waals surface area contributed by atoms with Gasteiger partial charge in [0.15, 0.2) is 0 Å². The number of hydrogen-bond donors (Lipinski definition) is 0. The van der Waals surface area contributed by atoms with Crippen molar-refractivity contribution >= 4 is 26.8 Å². The molecule has 168 valence electrons. The van der Waals surface area contributed by atoms with Crippen LogP contribution in [0.1, 0.15) is 30.9 Å². The Morgan fingerprint density at radius 3 is 2.53 bits per heavy atom. The van der Waals surface area contributed by atoms with Gasteiger partial charge in [0, 0.05) is 43.3 Å². The molecule has 0 N–H and O–H groups in total. The number of rotatable bonds is 4. The fourth-order valence-electron chi connectivity index (χ4n) is 4.81. The molecule has 6 nitrogen and oxygen atoms in total. The second-order valence-corrected chi connectivity index (χ2v) is 11.0. The van der Waals surface area contributed by atoms with Crippen molar-refractivity contribution in [1.29, 1.82) is 0 Å². The van der Waals surface area contributed by atoms with Crippen LogP contribution in [0.2, 0.25) is 0 Å². The van der Waals surface area contributed by atoms with Crippen LogP contribution in [0.3, 0.4) is 0 Å². The van der Waals surface area contributed by atoms with Gasteiger partial charge in [0.1, 0.15) is 6.54 Å². The molecule has 32 heavy (non-hydrogen) atoms. The Morgan fingerprint density at radius 1 is 1.00 bits per heavy atom. The van der Waals surface area contributed by atoms with Crippen molar-refractivity contribution in [2.75, 3.05) is 19.6 Å². The number of amides is 1. The van der Waals surface area contributed by atoms with Gasteiger partial charge in [-0.2, -0.15) is 4.31 Å². The SMILES string of the molecule is CC1CCN(S(=O)(=O)c2ccc3c(ccn3CC(=O)N3CCc4ccccc4C3)c2)CC1. The highest BCUT2D eigenvalue weighted by Crippen LogP contribution is 2.27. The summed E-state index contributed by atoms with van der Waals surface area (Å²) >= 11 is 0. The molecule has 2 aliphatic heterocycles. The average Bonchev–Trinajstić information content (AvgIpc) is 3.21. The van der Waals surface area contributed by atoms with Gasteiger partial charge in [0.2, 0.25) is 15.9 Å². The minimum atomic E-state index is -3.49. The summed E-state index contributed by atoms with van der Waals surface area (Å²) in [5, 5.41) is 0.841. The van der Waals surface area contributed by atoms with E-state index in [0.717, 1.165) is 36.7 Å². The molecule has 3 heterocycles. The third-order valence-corrected chi connectivity index (χ3v) is 8.81. The van der Waals surface area contributed by atoms with Crippen LogP contribution >= 0.6 is 0 Å². The molecule has 0 spiro atoms. The smallest absolute Gasteiger partial charge is 0.243 e. The van der Waals surface area contributed by atoms with Gasteiger partial charge in [0.05, 0.1) is 4.90 Å². The highest BCUT2D eigenvalue weighted by Gasteiger charge is 2.28. The van der Waals surface area contributed by atoms with E-state index < -0.39 is 10.0 Å². The lowest BCUT2D eigenvalue weighted by Gasteiger charge is -2.29. The van der Waals surface area contributed by atoms with E-state index in [9.17, 15) is 13.2 Å². The Kier molecular flexibility index (Phi) is 5.55. The summed E-state index contributed by atoms with van der Waals surface area (Å²) in [6.45, 7) is 4.95. The first-order chi connectivity index (χ1) is 15.4. The maximum Gasteiger partial charge on any atom is 0.243 e. The lowest BCUT2D eigenvalue weighted by atomic mass is 10.00. The number of aromatic nitrogens is 1. The predicted octanol–water partition coefficient (Wildman–Crippen LogP) is 3.65. The van der Waals surface area contributed by atoms with Crippen LogP contribution in [0.25, 0.3) is 10.9 Å². The normalized spacial score (nSPS) is 18.1. The van der Waals surface area contributed by atoms with Crippen molar-refractivity contribution in [3.8, 4) is 0 Å². The maximum atomic E-state index is 13.1. The number of nitrogens with zero attached hydrogens (tertiary/aromatic N) is 3. The van der Waals surface area contributed by atoms with Crippen LogP contribution in [-0.4, -0.2) is 47.7 Å². The number of hydrogen-bond acceptors (Lipinski definition) is 3. The van der Waals surface area contributed by atoms with E-state index >= 15 is 0 Å². The van der Waals surface area contributed by atoms with Crippen molar-refractivity contribution < 1.29 is 13.2 Å². The first-order valence-corrected chi connectivity index (χ1v) is 12.8. The van der Waals surface area contributed by atoms with Crippen LogP contribution in [-0.2, 0) is 34.3 Å². The molecule has 0 saturated carbocycles. The fourth-order valence-corrected chi connectivity index (χ4v) is 6.31. The predicted molar refractivity (Wildman–Crippen MR) is 125 cm³/mol. The van der Waals surface area contributed by atoms with Crippen LogP contribution in [0, 0.1) is 5.92 Å². The van der Waals surface area contributed by atoms with Gasteiger partial charge in [-0.05, 0) is 60.6 Å². The minimum Gasteiger partial charge on any atom is -0.338 e. The molecule has 0 unspecified atom stereocenters. The molecule has 1 amide bonds. The van der Waals surface area contributed by atoms with Gasteiger partial charge in [-0.1, -0.05) is 31.2 Å². The number of carbonyl (C=O) groups is 1. The molecule has 1 saturated heterocycles. The maximum absolute atomic E-state index is 13.1. The number of fused-ring (bicyclic) bond motifs is 2. The zero-order valence-corrected chi connectivity index (χ0v) is 19.2. The monoisotopic (exact) mass is 451 g/mol. The zero-order chi connectivity index (χ0) is 22.3. The highest BCUT2D eigenvalue weighted by atomic mass is 32.2. The molecule has 3 aromatic rings. The van der Waals surface area contributed by atoms with Crippen molar-refractivity contribution in [3.63, 3.8) is 0 Å². The molecule has 1 fully saturated rings. The molecular weight excluding hydrogens is 422 g/mol. The van der Waals surface area contributed by atoms with E-state index in [2.05, 4.69) is 19.1 Å². The van der Waals surface area contributed by atoms with Gasteiger partial charge >= 0.3 is 0 Å². The van der Waals surface area contributed by atoms with Crippen LogP contribution in [0.5, 0.6) is 0 Å². The van der Waals surface area contributed by atoms with E-state index in [1.54, 1.807) is 16.4 Å². The van der Waals surface area contributed by atoms with Crippen molar-refractivity contribution in [2.45, 2.75) is 44.2 Å². The lowest BCUT2D eigenvalue weighted by Crippen LogP contribution is -2.38. The van der Waals surface area contributed by atoms with Gasteiger partial charge in [-0.25, -0.2) is 8.42 Å². The van der Waals surface area contributed by atoms with E-state index in [4.69, 9.17) is 0 Å². The quantitative estimate of drug-likeness (QED) is 0.608. The molecular formula is C25H29N3O3S. The average molecular weight is 452 g/mol. The summed E-state index contributed by atoms with van der Waals surface area (Å²) < 4.78 is 29.7. The van der Waals surface area contributed by atoms with Crippen LogP contribution in [0.4, 0.5) is 0 Å². The summed E-state index contributed by atoms with van der Waals surface area (Å²) in [4.78, 5) is 15.2. The van der Waals surface area contributed by atoms with Crippen LogP contribution < -0.4 is 0 Å². The summed E-state index contributed by atoms with van der Waals surface area (Å²) in [6.07, 6.45) is 4.56. The Morgan fingerprint density at radius 2 is 1.75 bits per heavy atom. The van der Waals surface area contributed by atoms with E-state index in [1.807, 2.05) is 39.9 Å². The van der Waals surface area contributed by atoms with E-state index in [1.165, 1.54) is 11.1 Å². The van der Waals surface area contributed by atoms with Gasteiger partial charge in [0.25, 0.3) is 0 Å². The Bertz CT molecular complexity index is 1260. The Hall–Kier alpha value is -2.64. The van der Waals surface area contributed by atoms with Crippen LogP contribution in [0.15, 0.2) is 59.6 Å². The molecule has 5 rings (SSSR count). The first kappa shape index (κ1) is 21.2. The lowest BCUT2D eigenvalue weighted by molar-refractivity contribution is -0.132.